The summed E-state index contributed by atoms with van der Waals surface area (Å²) in [7, 11) is 1.80. The van der Waals surface area contributed by atoms with E-state index in [2.05, 4.69) is 10.1 Å². The molecule has 1 amide bonds. The third kappa shape index (κ3) is 3.46. The van der Waals surface area contributed by atoms with Crippen molar-refractivity contribution in [2.45, 2.75) is 33.2 Å². The molecule has 7 nitrogen and oxygen atoms in total. The molecule has 0 spiro atoms. The minimum atomic E-state index is -0.206. The number of aryl methyl sites for hydroxylation is 2. The number of carbonyl (C=O) groups excluding carboxylic acids is 2. The predicted molar refractivity (Wildman–Crippen MR) is 93.6 cm³/mol. The van der Waals surface area contributed by atoms with Gasteiger partial charge in [-0.2, -0.15) is 5.10 Å². The molecule has 0 saturated carbocycles. The van der Waals surface area contributed by atoms with Crippen LogP contribution >= 0.6 is 11.6 Å². The van der Waals surface area contributed by atoms with E-state index in [4.69, 9.17) is 11.6 Å². The highest BCUT2D eigenvalue weighted by Gasteiger charge is 2.31. The minimum absolute atomic E-state index is 0.000779. The van der Waals surface area contributed by atoms with Crippen molar-refractivity contribution in [3.05, 3.63) is 34.6 Å². The number of hydrogen-bond donors (Lipinski definition) is 0. The molecule has 0 unspecified atom stereocenters. The van der Waals surface area contributed by atoms with Crippen molar-refractivity contribution < 1.29 is 9.59 Å². The van der Waals surface area contributed by atoms with Gasteiger partial charge in [0.05, 0.1) is 16.4 Å². The highest BCUT2D eigenvalue weighted by molar-refractivity contribution is 6.31. The van der Waals surface area contributed by atoms with E-state index in [1.165, 1.54) is 0 Å². The maximum absolute atomic E-state index is 12.7. The zero-order chi connectivity index (χ0) is 18.1. The SMILES string of the molecule is Cc1nn(CC(=O)N2CCC[C@@H](C(=O)c3nccn3C)C2)c(C)c1Cl. The lowest BCUT2D eigenvalue weighted by atomic mass is 9.93. The maximum Gasteiger partial charge on any atom is 0.244 e. The van der Waals surface area contributed by atoms with E-state index in [0.29, 0.717) is 29.6 Å². The van der Waals surface area contributed by atoms with Crippen LogP contribution in [0.15, 0.2) is 12.4 Å². The smallest absolute Gasteiger partial charge is 0.244 e. The van der Waals surface area contributed by atoms with Gasteiger partial charge in [0, 0.05) is 38.4 Å². The number of rotatable bonds is 4. The Hall–Kier alpha value is -2.15. The number of halogens is 1. The summed E-state index contributed by atoms with van der Waals surface area (Å²) in [6, 6.07) is 0. The average molecular weight is 364 g/mol. The normalized spacial score (nSPS) is 17.8. The molecule has 25 heavy (non-hydrogen) atoms. The van der Waals surface area contributed by atoms with E-state index < -0.39 is 0 Å². The van der Waals surface area contributed by atoms with Gasteiger partial charge in [-0.05, 0) is 26.7 Å². The molecule has 134 valence electrons. The molecule has 1 saturated heterocycles. The second kappa shape index (κ2) is 7.00. The molecule has 0 aromatic carbocycles. The number of piperidine rings is 1. The molecule has 1 atom stereocenters. The average Bonchev–Trinajstić information content (AvgIpc) is 3.13. The standard InChI is InChI=1S/C17H22ClN5O2/c1-11-15(18)12(2)23(20-11)10-14(24)22-7-4-5-13(9-22)16(25)17-19-6-8-21(17)3/h6,8,13H,4-5,7,9-10H2,1-3H3/t13-/m1/s1. The zero-order valence-corrected chi connectivity index (χ0v) is 15.5. The van der Waals surface area contributed by atoms with E-state index in [0.717, 1.165) is 18.5 Å². The molecule has 3 heterocycles. The zero-order valence-electron chi connectivity index (χ0n) is 14.7. The van der Waals surface area contributed by atoms with Gasteiger partial charge in [0.15, 0.2) is 5.82 Å². The summed E-state index contributed by atoms with van der Waals surface area (Å²) < 4.78 is 3.35. The second-order valence-corrected chi connectivity index (χ2v) is 6.93. The summed E-state index contributed by atoms with van der Waals surface area (Å²) in [6.45, 7) is 4.90. The Kier molecular flexibility index (Phi) is 4.94. The lowest BCUT2D eigenvalue weighted by molar-refractivity contribution is -0.133. The van der Waals surface area contributed by atoms with Crippen LogP contribution in [0.2, 0.25) is 5.02 Å². The number of imidazole rings is 1. The molecule has 0 aliphatic carbocycles. The molecule has 1 aliphatic heterocycles. The largest absolute Gasteiger partial charge is 0.340 e. The Morgan fingerprint density at radius 1 is 1.36 bits per heavy atom. The molecule has 0 bridgehead atoms. The van der Waals surface area contributed by atoms with Gasteiger partial charge in [-0.3, -0.25) is 14.3 Å². The second-order valence-electron chi connectivity index (χ2n) is 6.55. The highest BCUT2D eigenvalue weighted by Crippen LogP contribution is 2.22. The molecular weight excluding hydrogens is 342 g/mol. The first-order valence-electron chi connectivity index (χ1n) is 8.37. The Morgan fingerprint density at radius 2 is 2.12 bits per heavy atom. The van der Waals surface area contributed by atoms with Crippen LogP contribution in [0.5, 0.6) is 0 Å². The minimum Gasteiger partial charge on any atom is -0.340 e. The Balaban J connectivity index is 1.68. The fraction of sp³-hybridized carbons (Fsp3) is 0.529. The van der Waals surface area contributed by atoms with Gasteiger partial charge in [-0.15, -0.1) is 0 Å². The molecule has 2 aromatic rings. The summed E-state index contributed by atoms with van der Waals surface area (Å²) >= 11 is 6.14. The number of aromatic nitrogens is 4. The molecule has 1 fully saturated rings. The Morgan fingerprint density at radius 3 is 2.72 bits per heavy atom. The van der Waals surface area contributed by atoms with E-state index >= 15 is 0 Å². The van der Waals surface area contributed by atoms with Crippen LogP contribution in [0.4, 0.5) is 0 Å². The summed E-state index contributed by atoms with van der Waals surface area (Å²) in [5, 5.41) is 4.90. The van der Waals surface area contributed by atoms with Gasteiger partial charge >= 0.3 is 0 Å². The maximum atomic E-state index is 12.7. The molecular formula is C17H22ClN5O2. The monoisotopic (exact) mass is 363 g/mol. The number of ketones is 1. The summed E-state index contributed by atoms with van der Waals surface area (Å²) in [5.41, 5.74) is 1.50. The summed E-state index contributed by atoms with van der Waals surface area (Å²) in [6.07, 6.45) is 4.96. The van der Waals surface area contributed by atoms with Gasteiger partial charge < -0.3 is 9.47 Å². The van der Waals surface area contributed by atoms with Crippen LogP contribution in [0.25, 0.3) is 0 Å². The quantitative estimate of drug-likeness (QED) is 0.779. The van der Waals surface area contributed by atoms with Gasteiger partial charge in [0.1, 0.15) is 6.54 Å². The van der Waals surface area contributed by atoms with Crippen molar-refractivity contribution >= 4 is 23.3 Å². The van der Waals surface area contributed by atoms with Crippen molar-refractivity contribution in [2.24, 2.45) is 13.0 Å². The van der Waals surface area contributed by atoms with E-state index in [1.54, 1.807) is 33.6 Å². The number of Topliss-reactive ketones (excluding diaryl/α,β-unsaturated/α-hetero) is 1. The number of amides is 1. The van der Waals surface area contributed by atoms with Crippen molar-refractivity contribution in [3.8, 4) is 0 Å². The van der Waals surface area contributed by atoms with Crippen molar-refractivity contribution in [2.75, 3.05) is 13.1 Å². The van der Waals surface area contributed by atoms with Crippen LogP contribution in [0.1, 0.15) is 34.8 Å². The molecule has 2 aromatic heterocycles. The topological polar surface area (TPSA) is 73.0 Å². The molecule has 1 aliphatic rings. The number of nitrogens with zero attached hydrogens (tertiary/aromatic N) is 5. The van der Waals surface area contributed by atoms with Crippen molar-refractivity contribution in [1.29, 1.82) is 0 Å². The van der Waals surface area contributed by atoms with Gasteiger partial charge in [0.2, 0.25) is 11.7 Å². The first kappa shape index (κ1) is 17.7. The molecule has 0 N–H and O–H groups in total. The molecule has 0 radical (unpaired) electrons. The number of likely N-dealkylation sites (tertiary alicyclic amines) is 1. The summed E-state index contributed by atoms with van der Waals surface area (Å²) in [5.74, 6) is 0.200. The van der Waals surface area contributed by atoms with Gasteiger partial charge in [0.25, 0.3) is 0 Å². The van der Waals surface area contributed by atoms with Crippen molar-refractivity contribution in [1.82, 2.24) is 24.2 Å². The third-order valence-corrected chi connectivity index (χ3v) is 5.31. The number of hydrogen-bond acceptors (Lipinski definition) is 4. The highest BCUT2D eigenvalue weighted by atomic mass is 35.5. The lowest BCUT2D eigenvalue weighted by Crippen LogP contribution is -2.44. The van der Waals surface area contributed by atoms with Crippen LogP contribution in [-0.2, 0) is 18.4 Å². The predicted octanol–water partition coefficient (Wildman–Crippen LogP) is 2.01. The van der Waals surface area contributed by atoms with Crippen LogP contribution < -0.4 is 0 Å². The molecule has 8 heteroatoms. The van der Waals surface area contributed by atoms with Crippen LogP contribution in [0.3, 0.4) is 0 Å². The van der Waals surface area contributed by atoms with Crippen molar-refractivity contribution in [3.63, 3.8) is 0 Å². The summed E-state index contributed by atoms with van der Waals surface area (Å²) in [4.78, 5) is 31.2. The Labute approximate surface area is 151 Å². The Bertz CT molecular complexity index is 810. The van der Waals surface area contributed by atoms with E-state index in [1.807, 2.05) is 13.8 Å². The fourth-order valence-corrected chi connectivity index (χ4v) is 3.40. The third-order valence-electron chi connectivity index (χ3n) is 4.76. The van der Waals surface area contributed by atoms with E-state index in [9.17, 15) is 9.59 Å². The molecule has 3 rings (SSSR count). The van der Waals surface area contributed by atoms with Crippen LogP contribution in [-0.4, -0.2) is 49.0 Å². The fourth-order valence-electron chi connectivity index (χ4n) is 3.26. The number of carbonyl (C=O) groups is 2. The van der Waals surface area contributed by atoms with E-state index in [-0.39, 0.29) is 24.2 Å². The van der Waals surface area contributed by atoms with Gasteiger partial charge in [-0.1, -0.05) is 11.6 Å². The first-order chi connectivity index (χ1) is 11.9. The van der Waals surface area contributed by atoms with Gasteiger partial charge in [-0.25, -0.2) is 4.98 Å². The first-order valence-corrected chi connectivity index (χ1v) is 8.75. The lowest BCUT2D eigenvalue weighted by Gasteiger charge is -2.32. The van der Waals surface area contributed by atoms with Crippen LogP contribution in [0, 0.1) is 19.8 Å².